The lowest BCUT2D eigenvalue weighted by Gasteiger charge is -1.96. The minimum absolute atomic E-state index is 0.0955. The SMILES string of the molecule is Bc1ccc(O)cc1O. The van der Waals surface area contributed by atoms with Gasteiger partial charge in [-0.2, -0.15) is 0 Å². The molecule has 0 fully saturated rings. The second-order valence-corrected chi connectivity index (χ2v) is 1.97. The molecule has 1 aromatic carbocycles. The molecule has 46 valence electrons. The first-order valence-corrected chi connectivity index (χ1v) is 2.69. The number of phenols is 2. The Labute approximate surface area is 54.2 Å². The lowest BCUT2D eigenvalue weighted by molar-refractivity contribution is 0.453. The number of phenolic OH excluding ortho intramolecular Hbond substituents is 2. The van der Waals surface area contributed by atoms with Gasteiger partial charge in [0.2, 0.25) is 0 Å². The molecule has 0 saturated carbocycles. The molecule has 0 aliphatic carbocycles. The van der Waals surface area contributed by atoms with E-state index >= 15 is 0 Å². The summed E-state index contributed by atoms with van der Waals surface area (Å²) in [5, 5.41) is 17.7. The molecule has 0 unspecified atom stereocenters. The van der Waals surface area contributed by atoms with Crippen molar-refractivity contribution < 1.29 is 10.2 Å². The maximum absolute atomic E-state index is 8.94. The van der Waals surface area contributed by atoms with Gasteiger partial charge in [-0.25, -0.2) is 0 Å². The van der Waals surface area contributed by atoms with E-state index in [9.17, 15) is 0 Å². The van der Waals surface area contributed by atoms with Crippen LogP contribution in [0.25, 0.3) is 0 Å². The first kappa shape index (κ1) is 6.01. The summed E-state index contributed by atoms with van der Waals surface area (Å²) in [7, 11) is 1.77. The Kier molecular flexibility index (Phi) is 1.34. The summed E-state index contributed by atoms with van der Waals surface area (Å²) in [6.07, 6.45) is 0. The van der Waals surface area contributed by atoms with E-state index in [0.717, 1.165) is 5.46 Å². The minimum atomic E-state index is 0.0955. The Balaban J connectivity index is 3.17. The van der Waals surface area contributed by atoms with Crippen molar-refractivity contribution in [3.63, 3.8) is 0 Å². The highest BCUT2D eigenvalue weighted by Gasteiger charge is 1.93. The zero-order valence-electron chi connectivity index (χ0n) is 5.13. The lowest BCUT2D eigenvalue weighted by Crippen LogP contribution is -2.00. The predicted molar refractivity (Wildman–Crippen MR) is 37.9 cm³/mol. The number of hydrogen-bond donors (Lipinski definition) is 2. The summed E-state index contributed by atoms with van der Waals surface area (Å²) < 4.78 is 0. The van der Waals surface area contributed by atoms with Crippen LogP contribution in [0, 0.1) is 0 Å². The summed E-state index contributed by atoms with van der Waals surface area (Å²) in [5.41, 5.74) is 0.771. The van der Waals surface area contributed by atoms with Gasteiger partial charge in [0, 0.05) is 6.07 Å². The molecule has 1 aromatic rings. The van der Waals surface area contributed by atoms with Gasteiger partial charge in [0.15, 0.2) is 0 Å². The van der Waals surface area contributed by atoms with Gasteiger partial charge in [-0.15, -0.1) is 0 Å². The zero-order chi connectivity index (χ0) is 6.85. The third kappa shape index (κ3) is 1.16. The molecular formula is C6H7BO2. The Morgan fingerprint density at radius 3 is 2.33 bits per heavy atom. The van der Waals surface area contributed by atoms with E-state index in [-0.39, 0.29) is 11.5 Å². The largest absolute Gasteiger partial charge is 0.508 e. The highest BCUT2D eigenvalue weighted by Crippen LogP contribution is 2.12. The van der Waals surface area contributed by atoms with Crippen molar-refractivity contribution in [1.29, 1.82) is 0 Å². The van der Waals surface area contributed by atoms with Crippen LogP contribution in [-0.2, 0) is 0 Å². The van der Waals surface area contributed by atoms with Crippen LogP contribution in [0.5, 0.6) is 11.5 Å². The van der Waals surface area contributed by atoms with Crippen LogP contribution >= 0.6 is 0 Å². The van der Waals surface area contributed by atoms with Crippen molar-refractivity contribution >= 4 is 13.3 Å². The highest BCUT2D eigenvalue weighted by atomic mass is 16.3. The first-order chi connectivity index (χ1) is 4.20. The average Bonchev–Trinajstić information content (AvgIpc) is 1.80. The predicted octanol–water partition coefficient (Wildman–Crippen LogP) is -0.644. The van der Waals surface area contributed by atoms with Crippen molar-refractivity contribution in [2.24, 2.45) is 0 Å². The monoisotopic (exact) mass is 122 g/mol. The molecule has 2 nitrogen and oxygen atoms in total. The van der Waals surface area contributed by atoms with E-state index in [1.165, 1.54) is 12.1 Å². The molecule has 0 amide bonds. The van der Waals surface area contributed by atoms with Gasteiger partial charge < -0.3 is 10.2 Å². The standard InChI is InChI=1S/C6H7BO2/c7-5-2-1-4(8)3-6(5)9/h1-3,8-9H,7H2. The van der Waals surface area contributed by atoms with E-state index in [2.05, 4.69) is 0 Å². The summed E-state index contributed by atoms with van der Waals surface area (Å²) in [6, 6.07) is 4.51. The van der Waals surface area contributed by atoms with Crippen molar-refractivity contribution in [2.75, 3.05) is 0 Å². The fraction of sp³-hybridized carbons (Fsp3) is 0. The fourth-order valence-electron chi connectivity index (χ4n) is 0.598. The summed E-state index contributed by atoms with van der Waals surface area (Å²) in [6.45, 7) is 0. The van der Waals surface area contributed by atoms with Crippen LogP contribution in [-0.4, -0.2) is 18.1 Å². The first-order valence-electron chi connectivity index (χ1n) is 2.69. The van der Waals surface area contributed by atoms with Gasteiger partial charge in [0.1, 0.15) is 19.3 Å². The van der Waals surface area contributed by atoms with Gasteiger partial charge in [0.25, 0.3) is 0 Å². The topological polar surface area (TPSA) is 40.5 Å². The molecule has 3 heteroatoms. The van der Waals surface area contributed by atoms with Gasteiger partial charge in [-0.05, 0) is 11.5 Å². The molecule has 0 atom stereocenters. The lowest BCUT2D eigenvalue weighted by atomic mass is 9.95. The molecule has 0 spiro atoms. The third-order valence-electron chi connectivity index (χ3n) is 1.19. The van der Waals surface area contributed by atoms with E-state index in [1.54, 1.807) is 13.9 Å². The second kappa shape index (κ2) is 2.01. The van der Waals surface area contributed by atoms with Crippen molar-refractivity contribution in [1.82, 2.24) is 0 Å². The van der Waals surface area contributed by atoms with Crippen LogP contribution < -0.4 is 5.46 Å². The molecule has 1 rings (SSSR count). The Morgan fingerprint density at radius 2 is 1.89 bits per heavy atom. The fourth-order valence-corrected chi connectivity index (χ4v) is 0.598. The normalized spacial score (nSPS) is 9.33. The Morgan fingerprint density at radius 1 is 1.22 bits per heavy atom. The maximum atomic E-state index is 8.94. The van der Waals surface area contributed by atoms with E-state index in [0.29, 0.717) is 0 Å². The maximum Gasteiger partial charge on any atom is 0.144 e. The summed E-state index contributed by atoms with van der Waals surface area (Å²) in [5.74, 6) is 0.230. The molecule has 0 bridgehead atoms. The smallest absolute Gasteiger partial charge is 0.144 e. The van der Waals surface area contributed by atoms with Gasteiger partial charge in [0.05, 0.1) is 0 Å². The van der Waals surface area contributed by atoms with E-state index < -0.39 is 0 Å². The number of aromatic hydroxyl groups is 2. The molecule has 0 saturated heterocycles. The molecule has 0 radical (unpaired) electrons. The van der Waals surface area contributed by atoms with Crippen LogP contribution in [0.2, 0.25) is 0 Å². The van der Waals surface area contributed by atoms with Crippen LogP contribution in [0.4, 0.5) is 0 Å². The molecular weight excluding hydrogens is 115 g/mol. The van der Waals surface area contributed by atoms with E-state index in [1.807, 2.05) is 0 Å². The van der Waals surface area contributed by atoms with E-state index in [4.69, 9.17) is 10.2 Å². The highest BCUT2D eigenvalue weighted by molar-refractivity contribution is 6.34. The molecule has 0 aliphatic heterocycles. The van der Waals surface area contributed by atoms with Crippen molar-refractivity contribution in [3.8, 4) is 11.5 Å². The number of benzene rings is 1. The van der Waals surface area contributed by atoms with Crippen LogP contribution in [0.1, 0.15) is 0 Å². The number of hydrogen-bond acceptors (Lipinski definition) is 2. The quantitative estimate of drug-likeness (QED) is 0.449. The third-order valence-corrected chi connectivity index (χ3v) is 1.19. The van der Waals surface area contributed by atoms with Gasteiger partial charge in [-0.3, -0.25) is 0 Å². The zero-order valence-corrected chi connectivity index (χ0v) is 5.13. The molecule has 0 aliphatic rings. The van der Waals surface area contributed by atoms with Crippen molar-refractivity contribution in [3.05, 3.63) is 18.2 Å². The van der Waals surface area contributed by atoms with Gasteiger partial charge >= 0.3 is 0 Å². The second-order valence-electron chi connectivity index (χ2n) is 1.97. The van der Waals surface area contributed by atoms with Crippen molar-refractivity contribution in [2.45, 2.75) is 0 Å². The summed E-state index contributed by atoms with van der Waals surface area (Å²) >= 11 is 0. The number of rotatable bonds is 0. The summed E-state index contributed by atoms with van der Waals surface area (Å²) in [4.78, 5) is 0. The average molecular weight is 122 g/mol. The molecule has 9 heavy (non-hydrogen) atoms. The Hall–Kier alpha value is -1.12. The minimum Gasteiger partial charge on any atom is -0.508 e. The molecule has 0 heterocycles. The molecule has 0 aromatic heterocycles. The molecule has 2 N–H and O–H groups in total. The van der Waals surface area contributed by atoms with Gasteiger partial charge in [-0.1, -0.05) is 6.07 Å². The Bertz CT molecular complexity index is 222. The van der Waals surface area contributed by atoms with Crippen LogP contribution in [0.3, 0.4) is 0 Å². The van der Waals surface area contributed by atoms with Crippen LogP contribution in [0.15, 0.2) is 18.2 Å².